The van der Waals surface area contributed by atoms with Gasteiger partial charge >= 0.3 is 5.97 Å². The molecule has 2 aromatic heterocycles. The second-order valence-corrected chi connectivity index (χ2v) is 12.4. The van der Waals surface area contributed by atoms with Crippen molar-refractivity contribution in [3.63, 3.8) is 0 Å². The number of pyridine rings is 1. The fourth-order valence-electron chi connectivity index (χ4n) is 4.75. The van der Waals surface area contributed by atoms with Crippen LogP contribution in [0, 0.1) is 11.8 Å². The molecule has 5 nitrogen and oxygen atoms in total. The summed E-state index contributed by atoms with van der Waals surface area (Å²) < 4.78 is 6.54. The number of hydrogen-bond acceptors (Lipinski definition) is 6. The van der Waals surface area contributed by atoms with E-state index in [2.05, 4.69) is 81.9 Å². The lowest BCUT2D eigenvalue weighted by Gasteiger charge is -2.34. The van der Waals surface area contributed by atoms with Crippen LogP contribution in [0.5, 0.6) is 0 Å². The van der Waals surface area contributed by atoms with E-state index in [1.165, 1.54) is 26.4 Å². The summed E-state index contributed by atoms with van der Waals surface area (Å²) in [4.78, 5) is 20.4. The topological polar surface area (TPSA) is 62.7 Å². The smallest absolute Gasteiger partial charge is 0.306 e. The summed E-state index contributed by atoms with van der Waals surface area (Å²) in [6.07, 6.45) is 13.2. The average Bonchev–Trinajstić information content (AvgIpc) is 3.32. The monoisotopic (exact) mass is 594 g/mol. The van der Waals surface area contributed by atoms with E-state index in [9.17, 15) is 4.79 Å². The predicted molar refractivity (Wildman–Crippen MR) is 182 cm³/mol. The molecule has 2 aromatic rings. The molecule has 0 saturated carbocycles. The van der Waals surface area contributed by atoms with Crippen molar-refractivity contribution >= 4 is 33.1 Å². The summed E-state index contributed by atoms with van der Waals surface area (Å²) in [5, 5.41) is 9.19. The molecular weight excluding hydrogens is 540 g/mol. The van der Waals surface area contributed by atoms with E-state index < -0.39 is 0 Å². The molecule has 0 aliphatic rings. The number of aliphatic hydroxyl groups excluding tert-OH is 1. The first-order chi connectivity index (χ1) is 19.9. The summed E-state index contributed by atoms with van der Waals surface area (Å²) in [5.41, 5.74) is 5.75. The van der Waals surface area contributed by atoms with Gasteiger partial charge in [-0.15, -0.1) is 11.3 Å². The molecule has 0 aliphatic carbocycles. The van der Waals surface area contributed by atoms with Gasteiger partial charge in [-0.25, -0.2) is 0 Å². The highest BCUT2D eigenvalue weighted by molar-refractivity contribution is 7.20. The Balaban J connectivity index is 0.00000206. The van der Waals surface area contributed by atoms with E-state index in [4.69, 9.17) is 9.84 Å². The van der Waals surface area contributed by atoms with Gasteiger partial charge in [-0.2, -0.15) is 0 Å². The molecule has 232 valence electrons. The Hall–Kier alpha value is -2.96. The molecule has 0 amide bonds. The molecule has 0 bridgehead atoms. The summed E-state index contributed by atoms with van der Waals surface area (Å²) in [6, 6.07) is 4.33. The molecule has 0 aromatic carbocycles. The molecule has 2 heterocycles. The third kappa shape index (κ3) is 12.5. The maximum absolute atomic E-state index is 12.5. The minimum Gasteiger partial charge on any atom is -0.466 e. The first kappa shape index (κ1) is 37.1. The van der Waals surface area contributed by atoms with Gasteiger partial charge < -0.3 is 14.7 Å². The summed E-state index contributed by atoms with van der Waals surface area (Å²) in [7, 11) is 0. The van der Waals surface area contributed by atoms with Gasteiger partial charge in [0.15, 0.2) is 0 Å². The van der Waals surface area contributed by atoms with Crippen molar-refractivity contribution in [2.24, 2.45) is 11.8 Å². The number of thiophene rings is 1. The zero-order valence-corrected chi connectivity index (χ0v) is 28.3. The highest BCUT2D eigenvalue weighted by Gasteiger charge is 2.26. The minimum atomic E-state index is -0.167. The molecule has 6 heteroatoms. The molecule has 1 unspecified atom stereocenters. The molecule has 0 spiro atoms. The van der Waals surface area contributed by atoms with Crippen LogP contribution in [0.15, 0.2) is 78.3 Å². The van der Waals surface area contributed by atoms with Crippen molar-refractivity contribution in [2.75, 3.05) is 13.2 Å². The number of fused-ring (bicyclic) bond motifs is 1. The van der Waals surface area contributed by atoms with Gasteiger partial charge in [-0.05, 0) is 82.6 Å². The fraction of sp³-hybridized carbons (Fsp3) is 0.500. The van der Waals surface area contributed by atoms with Gasteiger partial charge in [0.25, 0.3) is 0 Å². The number of ether oxygens (including phenoxy) is 1. The van der Waals surface area contributed by atoms with Crippen LogP contribution in [0.2, 0.25) is 0 Å². The van der Waals surface area contributed by atoms with E-state index in [1.54, 1.807) is 25.2 Å². The minimum absolute atomic E-state index is 0.130. The zero-order valence-electron chi connectivity index (χ0n) is 27.5. The number of aliphatic hydroxyl groups is 1. The number of hydrogen-bond donors (Lipinski definition) is 1. The summed E-state index contributed by atoms with van der Waals surface area (Å²) in [6.45, 7) is 27.8. The van der Waals surface area contributed by atoms with Crippen molar-refractivity contribution in [1.29, 1.82) is 0 Å². The van der Waals surface area contributed by atoms with Crippen LogP contribution < -0.4 is 0 Å². The largest absolute Gasteiger partial charge is 0.466 e. The van der Waals surface area contributed by atoms with Crippen LogP contribution in [0.25, 0.3) is 15.8 Å². The molecule has 0 fully saturated rings. The Kier molecular flexibility index (Phi) is 17.0. The number of allylic oxidation sites excluding steroid dienone is 7. The number of aromatic nitrogens is 1. The number of esters is 1. The first-order valence-corrected chi connectivity index (χ1v) is 16.1. The van der Waals surface area contributed by atoms with Gasteiger partial charge in [-0.1, -0.05) is 71.1 Å². The first-order valence-electron chi connectivity index (χ1n) is 15.2. The normalized spacial score (nSPS) is 13.2. The SMILES string of the molecule is C=C(C)\C=C/C=C(CC)/C(=C(\c1cc2cnccc2s1)N(CC(CCC)CC(=O)OCC)C(=C)C)C(C)C.CC(C)O. The number of carbonyl (C=O) groups is 1. The van der Waals surface area contributed by atoms with Gasteiger partial charge in [0.1, 0.15) is 0 Å². The van der Waals surface area contributed by atoms with Crippen LogP contribution in [0.4, 0.5) is 0 Å². The molecule has 1 N–H and O–H groups in total. The molecular formula is C36H54N2O3S. The lowest BCUT2D eigenvalue weighted by molar-refractivity contribution is -0.144. The third-order valence-electron chi connectivity index (χ3n) is 6.42. The van der Waals surface area contributed by atoms with Crippen molar-refractivity contribution in [3.05, 3.63) is 83.2 Å². The molecule has 2 rings (SSSR count). The maximum Gasteiger partial charge on any atom is 0.306 e. The second-order valence-electron chi connectivity index (χ2n) is 11.3. The standard InChI is InChI=1S/C33H46N2O2S.C3H8O/c1-10-14-26(19-31(36)37-12-3)22-35(25(8)9)33(30-20-28-21-34-18-17-29(28)38-30)32(24(6)7)27(11-2)16-13-15-23(4)5;1-3(2)4/h13,15-18,20-21,24,26H,4,8,10-12,14,19,22H2,1-3,5-7,9H3;3-4H,1-2H3/b15-13-,27-16+,33-32+;. The van der Waals surface area contributed by atoms with Gasteiger partial charge in [0.05, 0.1) is 23.6 Å². The number of rotatable bonds is 15. The predicted octanol–water partition coefficient (Wildman–Crippen LogP) is 9.72. The molecule has 42 heavy (non-hydrogen) atoms. The Morgan fingerprint density at radius 3 is 2.33 bits per heavy atom. The van der Waals surface area contributed by atoms with Crippen LogP contribution in [-0.2, 0) is 9.53 Å². The Morgan fingerprint density at radius 2 is 1.83 bits per heavy atom. The number of nitrogens with zero attached hydrogens (tertiary/aromatic N) is 2. The van der Waals surface area contributed by atoms with E-state index in [0.717, 1.165) is 35.9 Å². The average molecular weight is 595 g/mol. The van der Waals surface area contributed by atoms with Gasteiger partial charge in [-0.3, -0.25) is 9.78 Å². The van der Waals surface area contributed by atoms with Crippen molar-refractivity contribution < 1.29 is 14.6 Å². The van der Waals surface area contributed by atoms with Crippen LogP contribution in [0.3, 0.4) is 0 Å². The van der Waals surface area contributed by atoms with E-state index in [0.29, 0.717) is 19.6 Å². The van der Waals surface area contributed by atoms with Crippen molar-refractivity contribution in [2.45, 2.75) is 94.1 Å². The highest BCUT2D eigenvalue weighted by Crippen LogP contribution is 2.40. The van der Waals surface area contributed by atoms with E-state index >= 15 is 0 Å². The molecule has 0 saturated heterocycles. The lowest BCUT2D eigenvalue weighted by Crippen LogP contribution is -2.30. The second kappa shape index (κ2) is 19.3. The zero-order chi connectivity index (χ0) is 31.8. The fourth-order valence-corrected chi connectivity index (χ4v) is 5.85. The molecule has 0 aliphatic heterocycles. The number of carbonyl (C=O) groups excluding carboxylic acids is 1. The lowest BCUT2D eigenvalue weighted by atomic mass is 9.89. The third-order valence-corrected chi connectivity index (χ3v) is 7.54. The highest BCUT2D eigenvalue weighted by atomic mass is 32.1. The van der Waals surface area contributed by atoms with Crippen LogP contribution in [0.1, 0.15) is 92.9 Å². The van der Waals surface area contributed by atoms with Crippen molar-refractivity contribution in [3.8, 4) is 0 Å². The summed E-state index contributed by atoms with van der Waals surface area (Å²) >= 11 is 1.78. The van der Waals surface area contributed by atoms with Crippen LogP contribution in [-0.4, -0.2) is 40.2 Å². The van der Waals surface area contributed by atoms with Gasteiger partial charge in [0, 0.05) is 40.8 Å². The van der Waals surface area contributed by atoms with E-state index in [1.807, 2.05) is 32.3 Å². The maximum atomic E-state index is 12.5. The quantitative estimate of drug-likeness (QED) is 0.164. The Bertz CT molecular complexity index is 1210. The van der Waals surface area contributed by atoms with Crippen molar-refractivity contribution in [1.82, 2.24) is 9.88 Å². The Labute approximate surface area is 259 Å². The molecule has 1 atom stereocenters. The molecule has 0 radical (unpaired) electrons. The van der Waals surface area contributed by atoms with E-state index in [-0.39, 0.29) is 23.9 Å². The summed E-state index contributed by atoms with van der Waals surface area (Å²) in [5.74, 6) is 0.302. The van der Waals surface area contributed by atoms with Gasteiger partial charge in [0.2, 0.25) is 0 Å². The Morgan fingerprint density at radius 1 is 1.17 bits per heavy atom. The van der Waals surface area contributed by atoms with Crippen LogP contribution >= 0.6 is 11.3 Å².